The van der Waals surface area contributed by atoms with Crippen LogP contribution in [0.4, 0.5) is 11.5 Å². The lowest BCUT2D eigenvalue weighted by molar-refractivity contribution is 0.105. The second-order valence-corrected chi connectivity index (χ2v) is 4.81. The third-order valence-electron chi connectivity index (χ3n) is 3.15. The van der Waals surface area contributed by atoms with E-state index in [1.165, 1.54) is 0 Å². The van der Waals surface area contributed by atoms with E-state index in [1.807, 2.05) is 6.92 Å². The predicted octanol–water partition coefficient (Wildman–Crippen LogP) is 2.30. The SMILES string of the molecule is CC1OCCC1(C)Nc1ncc(N)cc1Cl. The maximum Gasteiger partial charge on any atom is 0.145 e. The summed E-state index contributed by atoms with van der Waals surface area (Å²) in [5.74, 6) is 0.663. The standard InChI is InChI=1S/C11H16ClN3O/c1-7-11(2,3-4-16-7)15-10-9(12)5-8(13)6-14-10/h5-7H,3-4,13H2,1-2H3,(H,14,15). The van der Waals surface area contributed by atoms with Crippen molar-refractivity contribution >= 4 is 23.1 Å². The van der Waals surface area contributed by atoms with E-state index in [-0.39, 0.29) is 11.6 Å². The highest BCUT2D eigenvalue weighted by atomic mass is 35.5. The number of anilines is 2. The van der Waals surface area contributed by atoms with Gasteiger partial charge in [0.25, 0.3) is 0 Å². The van der Waals surface area contributed by atoms with Gasteiger partial charge in [-0.05, 0) is 26.3 Å². The Balaban J connectivity index is 2.20. The summed E-state index contributed by atoms with van der Waals surface area (Å²) < 4.78 is 5.55. The van der Waals surface area contributed by atoms with Crippen molar-refractivity contribution in [1.82, 2.24) is 4.98 Å². The van der Waals surface area contributed by atoms with Crippen LogP contribution >= 0.6 is 11.6 Å². The summed E-state index contributed by atoms with van der Waals surface area (Å²) in [7, 11) is 0. The maximum absolute atomic E-state index is 6.07. The lowest BCUT2D eigenvalue weighted by Crippen LogP contribution is -2.41. The lowest BCUT2D eigenvalue weighted by Gasteiger charge is -2.29. The average molecular weight is 242 g/mol. The lowest BCUT2D eigenvalue weighted by atomic mass is 9.95. The first-order valence-corrected chi connectivity index (χ1v) is 5.70. The first-order chi connectivity index (χ1) is 7.51. The van der Waals surface area contributed by atoms with E-state index in [0.29, 0.717) is 16.5 Å². The number of aromatic nitrogens is 1. The van der Waals surface area contributed by atoms with Gasteiger partial charge in [-0.1, -0.05) is 11.6 Å². The van der Waals surface area contributed by atoms with E-state index < -0.39 is 0 Å². The Labute approximate surface area is 100 Å². The molecular formula is C11H16ClN3O. The van der Waals surface area contributed by atoms with Crippen LogP contribution in [0.25, 0.3) is 0 Å². The number of rotatable bonds is 2. The van der Waals surface area contributed by atoms with Crippen molar-refractivity contribution < 1.29 is 4.74 Å². The number of pyridine rings is 1. The molecule has 1 aliphatic heterocycles. The Hall–Kier alpha value is -1.00. The van der Waals surface area contributed by atoms with Gasteiger partial charge in [0, 0.05) is 6.61 Å². The second-order valence-electron chi connectivity index (χ2n) is 4.40. The highest BCUT2D eigenvalue weighted by Crippen LogP contribution is 2.31. The number of hydrogen-bond donors (Lipinski definition) is 2. The van der Waals surface area contributed by atoms with Gasteiger partial charge in [-0.15, -0.1) is 0 Å². The van der Waals surface area contributed by atoms with Gasteiger partial charge in [-0.2, -0.15) is 0 Å². The Morgan fingerprint density at radius 1 is 1.69 bits per heavy atom. The molecular weight excluding hydrogens is 226 g/mol. The number of nitrogen functional groups attached to an aromatic ring is 1. The summed E-state index contributed by atoms with van der Waals surface area (Å²) in [4.78, 5) is 4.20. The van der Waals surface area contributed by atoms with Crippen molar-refractivity contribution in [3.05, 3.63) is 17.3 Å². The largest absolute Gasteiger partial charge is 0.397 e. The highest BCUT2D eigenvalue weighted by Gasteiger charge is 2.37. The van der Waals surface area contributed by atoms with Crippen molar-refractivity contribution in [3.63, 3.8) is 0 Å². The van der Waals surface area contributed by atoms with Crippen LogP contribution in [0.2, 0.25) is 5.02 Å². The number of halogens is 1. The van der Waals surface area contributed by atoms with Gasteiger partial charge in [-0.3, -0.25) is 0 Å². The highest BCUT2D eigenvalue weighted by molar-refractivity contribution is 6.33. The number of nitrogens with two attached hydrogens (primary N) is 1. The summed E-state index contributed by atoms with van der Waals surface area (Å²) in [5.41, 5.74) is 6.04. The monoisotopic (exact) mass is 241 g/mol. The molecule has 0 aliphatic carbocycles. The smallest absolute Gasteiger partial charge is 0.145 e. The molecule has 2 heterocycles. The molecule has 1 aromatic heterocycles. The molecule has 2 atom stereocenters. The molecule has 0 spiro atoms. The van der Waals surface area contributed by atoms with E-state index in [2.05, 4.69) is 17.2 Å². The van der Waals surface area contributed by atoms with Gasteiger partial charge in [0.05, 0.1) is 28.5 Å². The quantitative estimate of drug-likeness (QED) is 0.834. The molecule has 16 heavy (non-hydrogen) atoms. The second kappa shape index (κ2) is 4.11. The third-order valence-corrected chi connectivity index (χ3v) is 3.44. The molecule has 88 valence electrons. The van der Waals surface area contributed by atoms with Crippen LogP contribution in [0, 0.1) is 0 Å². The normalized spacial score (nSPS) is 29.3. The molecule has 0 saturated carbocycles. The fourth-order valence-electron chi connectivity index (χ4n) is 1.81. The molecule has 0 bridgehead atoms. The molecule has 2 unspecified atom stereocenters. The molecule has 5 heteroatoms. The third kappa shape index (κ3) is 2.08. The van der Waals surface area contributed by atoms with Gasteiger partial charge in [0.15, 0.2) is 0 Å². The van der Waals surface area contributed by atoms with Gasteiger partial charge >= 0.3 is 0 Å². The van der Waals surface area contributed by atoms with E-state index in [4.69, 9.17) is 22.1 Å². The summed E-state index contributed by atoms with van der Waals surface area (Å²) in [6.07, 6.45) is 2.68. The summed E-state index contributed by atoms with van der Waals surface area (Å²) in [6, 6.07) is 1.70. The minimum atomic E-state index is -0.118. The maximum atomic E-state index is 6.07. The predicted molar refractivity (Wildman–Crippen MR) is 65.7 cm³/mol. The van der Waals surface area contributed by atoms with Gasteiger partial charge < -0.3 is 15.8 Å². The molecule has 1 aliphatic rings. The zero-order valence-electron chi connectivity index (χ0n) is 9.46. The van der Waals surface area contributed by atoms with Crippen molar-refractivity contribution in [2.75, 3.05) is 17.7 Å². The minimum Gasteiger partial charge on any atom is -0.397 e. The Kier molecular flexibility index (Phi) is 2.95. The molecule has 1 aromatic rings. The summed E-state index contributed by atoms with van der Waals surface area (Å²) in [5, 5.41) is 3.88. The molecule has 4 nitrogen and oxygen atoms in total. The zero-order chi connectivity index (χ0) is 11.8. The Morgan fingerprint density at radius 2 is 2.44 bits per heavy atom. The van der Waals surface area contributed by atoms with Gasteiger partial charge in [0.2, 0.25) is 0 Å². The Morgan fingerprint density at radius 3 is 3.00 bits per heavy atom. The van der Waals surface area contributed by atoms with Gasteiger partial charge in [0.1, 0.15) is 5.82 Å². The first-order valence-electron chi connectivity index (χ1n) is 5.32. The molecule has 1 fully saturated rings. The van der Waals surface area contributed by atoms with Crippen molar-refractivity contribution in [2.45, 2.75) is 31.9 Å². The minimum absolute atomic E-state index is 0.118. The van der Waals surface area contributed by atoms with Crippen molar-refractivity contribution in [2.24, 2.45) is 0 Å². The van der Waals surface area contributed by atoms with Crippen LogP contribution in [0.1, 0.15) is 20.3 Å². The van der Waals surface area contributed by atoms with Crippen LogP contribution < -0.4 is 11.1 Å². The number of nitrogens with zero attached hydrogens (tertiary/aromatic N) is 1. The zero-order valence-corrected chi connectivity index (χ0v) is 10.2. The van der Waals surface area contributed by atoms with E-state index in [1.54, 1.807) is 12.3 Å². The van der Waals surface area contributed by atoms with Crippen molar-refractivity contribution in [3.8, 4) is 0 Å². The molecule has 2 rings (SSSR count). The van der Waals surface area contributed by atoms with E-state index >= 15 is 0 Å². The number of nitrogens with one attached hydrogen (secondary N) is 1. The summed E-state index contributed by atoms with van der Waals surface area (Å²) >= 11 is 6.07. The van der Waals surface area contributed by atoms with Crippen LogP contribution in [-0.2, 0) is 4.74 Å². The van der Waals surface area contributed by atoms with E-state index in [0.717, 1.165) is 13.0 Å². The fraction of sp³-hybridized carbons (Fsp3) is 0.545. The van der Waals surface area contributed by atoms with Crippen LogP contribution in [0.3, 0.4) is 0 Å². The van der Waals surface area contributed by atoms with E-state index in [9.17, 15) is 0 Å². The molecule has 1 saturated heterocycles. The first kappa shape index (κ1) is 11.5. The van der Waals surface area contributed by atoms with Crippen molar-refractivity contribution in [1.29, 1.82) is 0 Å². The molecule has 0 amide bonds. The van der Waals surface area contributed by atoms with Crippen LogP contribution in [-0.4, -0.2) is 23.2 Å². The topological polar surface area (TPSA) is 60.2 Å². The average Bonchev–Trinajstić information content (AvgIpc) is 2.52. The van der Waals surface area contributed by atoms with Crippen LogP contribution in [0.15, 0.2) is 12.3 Å². The fourth-order valence-corrected chi connectivity index (χ4v) is 2.04. The van der Waals surface area contributed by atoms with Crippen LogP contribution in [0.5, 0.6) is 0 Å². The van der Waals surface area contributed by atoms with Gasteiger partial charge in [-0.25, -0.2) is 4.98 Å². The molecule has 0 radical (unpaired) electrons. The molecule has 3 N–H and O–H groups in total. The number of hydrogen-bond acceptors (Lipinski definition) is 4. The number of ether oxygens (including phenoxy) is 1. The Bertz CT molecular complexity index is 399. The molecule has 0 aromatic carbocycles. The summed E-state index contributed by atoms with van der Waals surface area (Å²) in [6.45, 7) is 4.92.